The first-order valence-electron chi connectivity index (χ1n) is 3.69. The molecular weight excluding hydrogens is 180 g/mol. The molecule has 1 aliphatic rings. The minimum Gasteiger partial charge on any atom is -0.309 e. The van der Waals surface area contributed by atoms with Crippen molar-refractivity contribution in [2.24, 2.45) is 0 Å². The summed E-state index contributed by atoms with van der Waals surface area (Å²) in [6, 6.07) is -0.356. The van der Waals surface area contributed by atoms with E-state index in [1.165, 1.54) is 4.90 Å². The number of nitrogens with one attached hydrogen (secondary N) is 1. The van der Waals surface area contributed by atoms with Crippen LogP contribution in [-0.2, 0) is 4.79 Å². The molecule has 0 unspecified atom stereocenters. The van der Waals surface area contributed by atoms with Crippen LogP contribution in [0, 0.1) is 0 Å². The number of rotatable bonds is 2. The van der Waals surface area contributed by atoms with Gasteiger partial charge in [0.1, 0.15) is 5.54 Å². The van der Waals surface area contributed by atoms with E-state index in [1.807, 2.05) is 0 Å². The van der Waals surface area contributed by atoms with Crippen LogP contribution >= 0.6 is 11.6 Å². The van der Waals surface area contributed by atoms with Crippen molar-refractivity contribution in [3.63, 3.8) is 0 Å². The van der Waals surface area contributed by atoms with E-state index >= 15 is 0 Å². The summed E-state index contributed by atoms with van der Waals surface area (Å²) in [4.78, 5) is 23.7. The van der Waals surface area contributed by atoms with E-state index in [-0.39, 0.29) is 11.9 Å². The second kappa shape index (κ2) is 2.94. The Hall–Kier alpha value is -0.770. The first-order valence-corrected chi connectivity index (χ1v) is 4.22. The Morgan fingerprint density at radius 3 is 2.42 bits per heavy atom. The summed E-state index contributed by atoms with van der Waals surface area (Å²) in [5.74, 6) is 0.0713. The highest BCUT2D eigenvalue weighted by molar-refractivity contribution is 6.18. The predicted molar refractivity (Wildman–Crippen MR) is 45.0 cm³/mol. The van der Waals surface area contributed by atoms with E-state index < -0.39 is 5.54 Å². The lowest BCUT2D eigenvalue weighted by molar-refractivity contribution is -0.125. The summed E-state index contributed by atoms with van der Waals surface area (Å²) in [5.41, 5.74) is -0.758. The molecule has 5 heteroatoms. The molecule has 0 saturated carbocycles. The normalized spacial score (nSPS) is 21.4. The van der Waals surface area contributed by atoms with Crippen molar-refractivity contribution in [1.82, 2.24) is 10.2 Å². The molecule has 0 radical (unpaired) electrons. The van der Waals surface area contributed by atoms with E-state index in [4.69, 9.17) is 11.6 Å². The summed E-state index contributed by atoms with van der Waals surface area (Å²) in [5, 5.41) is 2.23. The second-order valence-corrected chi connectivity index (χ2v) is 3.54. The van der Waals surface area contributed by atoms with Crippen LogP contribution in [0.3, 0.4) is 0 Å². The van der Waals surface area contributed by atoms with Gasteiger partial charge in [-0.1, -0.05) is 0 Å². The highest BCUT2D eigenvalue weighted by Gasteiger charge is 2.44. The van der Waals surface area contributed by atoms with Crippen molar-refractivity contribution in [3.8, 4) is 0 Å². The molecule has 0 spiro atoms. The summed E-state index contributed by atoms with van der Waals surface area (Å²) in [6.07, 6.45) is 0. The Balaban J connectivity index is 2.83. The van der Waals surface area contributed by atoms with E-state index in [0.717, 1.165) is 0 Å². The van der Waals surface area contributed by atoms with Crippen molar-refractivity contribution in [1.29, 1.82) is 0 Å². The van der Waals surface area contributed by atoms with Gasteiger partial charge in [0.25, 0.3) is 5.91 Å². The zero-order valence-corrected chi connectivity index (χ0v) is 7.81. The number of urea groups is 1. The first-order chi connectivity index (χ1) is 5.50. The SMILES string of the molecule is CC1(C)C(=O)NC(=O)N1CCCl. The van der Waals surface area contributed by atoms with E-state index in [0.29, 0.717) is 12.4 Å². The van der Waals surface area contributed by atoms with E-state index in [1.54, 1.807) is 13.8 Å². The minimum absolute atomic E-state index is 0.266. The zero-order valence-electron chi connectivity index (χ0n) is 7.06. The number of alkyl halides is 1. The van der Waals surface area contributed by atoms with Crippen LogP contribution in [0.5, 0.6) is 0 Å². The Labute approximate surface area is 75.9 Å². The molecule has 0 aromatic rings. The van der Waals surface area contributed by atoms with Crippen LogP contribution in [0.25, 0.3) is 0 Å². The molecular formula is C7H11ClN2O2. The molecule has 1 saturated heterocycles. The predicted octanol–water partition coefficient (Wildman–Crippen LogP) is 0.556. The Morgan fingerprint density at radius 2 is 2.08 bits per heavy atom. The van der Waals surface area contributed by atoms with Gasteiger partial charge in [-0.2, -0.15) is 0 Å². The lowest BCUT2D eigenvalue weighted by Gasteiger charge is -2.26. The quantitative estimate of drug-likeness (QED) is 0.511. The molecule has 68 valence electrons. The second-order valence-electron chi connectivity index (χ2n) is 3.16. The minimum atomic E-state index is -0.758. The number of hydrogen-bond acceptors (Lipinski definition) is 2. The van der Waals surface area contributed by atoms with Crippen LogP contribution in [0.4, 0.5) is 4.79 Å². The van der Waals surface area contributed by atoms with Gasteiger partial charge in [0, 0.05) is 12.4 Å². The maximum atomic E-state index is 11.2. The molecule has 0 atom stereocenters. The number of carbonyl (C=O) groups is 2. The smallest absolute Gasteiger partial charge is 0.309 e. The zero-order chi connectivity index (χ0) is 9.35. The molecule has 0 aromatic carbocycles. The molecule has 1 fully saturated rings. The third kappa shape index (κ3) is 1.27. The molecule has 1 rings (SSSR count). The van der Waals surface area contributed by atoms with E-state index in [2.05, 4.69) is 5.32 Å². The summed E-state index contributed by atoms with van der Waals surface area (Å²) in [6.45, 7) is 3.78. The van der Waals surface area contributed by atoms with Crippen molar-refractivity contribution >= 4 is 23.5 Å². The highest BCUT2D eigenvalue weighted by Crippen LogP contribution is 2.20. The molecule has 0 aromatic heterocycles. The van der Waals surface area contributed by atoms with Crippen molar-refractivity contribution in [2.75, 3.05) is 12.4 Å². The number of amides is 3. The molecule has 0 bridgehead atoms. The summed E-state index contributed by atoms with van der Waals surface area (Å²) in [7, 11) is 0. The number of carbonyl (C=O) groups excluding carboxylic acids is 2. The standard InChI is InChI=1S/C7H11ClN2O2/c1-7(2)5(11)9-6(12)10(7)4-3-8/h3-4H2,1-2H3,(H,9,11,12). The topological polar surface area (TPSA) is 49.4 Å². The maximum absolute atomic E-state index is 11.2. The summed E-state index contributed by atoms with van der Waals surface area (Å²) < 4.78 is 0. The molecule has 4 nitrogen and oxygen atoms in total. The average Bonchev–Trinajstić information content (AvgIpc) is 2.14. The van der Waals surface area contributed by atoms with Crippen molar-refractivity contribution in [3.05, 3.63) is 0 Å². The van der Waals surface area contributed by atoms with Gasteiger partial charge in [0.2, 0.25) is 0 Å². The number of hydrogen-bond donors (Lipinski definition) is 1. The number of nitrogens with zero attached hydrogens (tertiary/aromatic N) is 1. The third-order valence-electron chi connectivity index (χ3n) is 2.00. The Bertz CT molecular complexity index is 227. The highest BCUT2D eigenvalue weighted by atomic mass is 35.5. The Morgan fingerprint density at radius 1 is 1.50 bits per heavy atom. The molecule has 12 heavy (non-hydrogen) atoms. The van der Waals surface area contributed by atoms with Gasteiger partial charge in [-0.15, -0.1) is 11.6 Å². The van der Waals surface area contributed by atoms with Crippen LogP contribution in [0.15, 0.2) is 0 Å². The van der Waals surface area contributed by atoms with Crippen molar-refractivity contribution in [2.45, 2.75) is 19.4 Å². The lowest BCUT2D eigenvalue weighted by atomic mass is 10.1. The van der Waals surface area contributed by atoms with E-state index in [9.17, 15) is 9.59 Å². The molecule has 0 aliphatic carbocycles. The van der Waals surface area contributed by atoms with Crippen LogP contribution in [0.1, 0.15) is 13.8 Å². The van der Waals surface area contributed by atoms with Gasteiger partial charge in [0.05, 0.1) is 0 Å². The third-order valence-corrected chi connectivity index (χ3v) is 2.17. The summed E-state index contributed by atoms with van der Waals surface area (Å²) >= 11 is 5.49. The molecule has 1 aliphatic heterocycles. The number of imide groups is 1. The lowest BCUT2D eigenvalue weighted by Crippen LogP contribution is -2.45. The fourth-order valence-corrected chi connectivity index (χ4v) is 1.33. The fourth-order valence-electron chi connectivity index (χ4n) is 1.16. The molecule has 1 N–H and O–H groups in total. The number of halogens is 1. The van der Waals surface area contributed by atoms with Gasteiger partial charge in [-0.25, -0.2) is 4.79 Å². The fraction of sp³-hybridized carbons (Fsp3) is 0.714. The Kier molecular flexibility index (Phi) is 2.28. The van der Waals surface area contributed by atoms with Gasteiger partial charge in [-0.05, 0) is 13.8 Å². The van der Waals surface area contributed by atoms with Crippen LogP contribution in [0.2, 0.25) is 0 Å². The van der Waals surface area contributed by atoms with Crippen LogP contribution < -0.4 is 5.32 Å². The van der Waals surface area contributed by atoms with Crippen molar-refractivity contribution < 1.29 is 9.59 Å². The van der Waals surface area contributed by atoms with Crippen LogP contribution in [-0.4, -0.2) is 34.8 Å². The molecule has 3 amide bonds. The monoisotopic (exact) mass is 190 g/mol. The van der Waals surface area contributed by atoms with Gasteiger partial charge >= 0.3 is 6.03 Å². The van der Waals surface area contributed by atoms with Gasteiger partial charge in [0.15, 0.2) is 0 Å². The maximum Gasteiger partial charge on any atom is 0.325 e. The first kappa shape index (κ1) is 9.32. The largest absolute Gasteiger partial charge is 0.325 e. The average molecular weight is 191 g/mol. The van der Waals surface area contributed by atoms with Gasteiger partial charge < -0.3 is 4.90 Å². The van der Waals surface area contributed by atoms with Gasteiger partial charge in [-0.3, -0.25) is 10.1 Å². The molecule has 1 heterocycles.